The Hall–Kier alpha value is -3.39. The average Bonchev–Trinajstić information content (AvgIpc) is 3.25. The number of pyridine rings is 1. The Labute approximate surface area is 172 Å². The number of carbonyl (C=O) groups is 1. The van der Waals surface area contributed by atoms with E-state index in [4.69, 9.17) is 0 Å². The Morgan fingerprint density at radius 2 is 2.00 bits per heavy atom. The van der Waals surface area contributed by atoms with Crippen molar-refractivity contribution in [3.63, 3.8) is 0 Å². The number of amides is 1. The summed E-state index contributed by atoms with van der Waals surface area (Å²) in [6.45, 7) is 0.521. The summed E-state index contributed by atoms with van der Waals surface area (Å²) in [6.07, 6.45) is 9.81. The van der Waals surface area contributed by atoms with Crippen molar-refractivity contribution in [1.82, 2.24) is 20.5 Å². The fourth-order valence-electron chi connectivity index (χ4n) is 3.32. The van der Waals surface area contributed by atoms with Crippen molar-refractivity contribution in [1.29, 1.82) is 0 Å². The molecular formula is C22H21F2N5O. The van der Waals surface area contributed by atoms with Crippen molar-refractivity contribution in [3.8, 4) is 11.1 Å². The lowest BCUT2D eigenvalue weighted by atomic mass is 9.88. The summed E-state index contributed by atoms with van der Waals surface area (Å²) in [4.78, 5) is 16.4. The van der Waals surface area contributed by atoms with Crippen molar-refractivity contribution in [3.05, 3.63) is 72.3 Å². The molecular weight excluding hydrogens is 388 g/mol. The number of nitrogens with one attached hydrogen (secondary N) is 3. The van der Waals surface area contributed by atoms with Gasteiger partial charge in [-0.3, -0.25) is 14.9 Å². The van der Waals surface area contributed by atoms with Crippen LogP contribution in [-0.4, -0.2) is 33.1 Å². The predicted molar refractivity (Wildman–Crippen MR) is 111 cm³/mol. The van der Waals surface area contributed by atoms with Gasteiger partial charge in [-0.1, -0.05) is 12.1 Å². The number of H-pyrrole nitrogens is 1. The Morgan fingerprint density at radius 3 is 2.70 bits per heavy atom. The van der Waals surface area contributed by atoms with Crippen molar-refractivity contribution >= 4 is 17.7 Å². The van der Waals surface area contributed by atoms with Crippen LogP contribution in [-0.2, 0) is 11.3 Å². The van der Waals surface area contributed by atoms with Gasteiger partial charge in [0, 0.05) is 66.9 Å². The second-order valence-electron chi connectivity index (χ2n) is 7.31. The number of aromatic amines is 1. The van der Waals surface area contributed by atoms with E-state index in [1.807, 2.05) is 18.2 Å². The third-order valence-corrected chi connectivity index (χ3v) is 4.98. The lowest BCUT2D eigenvalue weighted by Crippen LogP contribution is -2.48. The van der Waals surface area contributed by atoms with E-state index < -0.39 is 5.92 Å². The maximum atomic E-state index is 12.9. The minimum Gasteiger partial charge on any atom is -0.323 e. The van der Waals surface area contributed by atoms with E-state index in [9.17, 15) is 13.6 Å². The average molecular weight is 409 g/mol. The first-order valence-electron chi connectivity index (χ1n) is 9.61. The van der Waals surface area contributed by atoms with E-state index in [1.54, 1.807) is 43.0 Å². The van der Waals surface area contributed by atoms with Crippen molar-refractivity contribution in [2.45, 2.75) is 31.4 Å². The number of hydrogen-bond donors (Lipinski definition) is 3. The van der Waals surface area contributed by atoms with Gasteiger partial charge >= 0.3 is 0 Å². The zero-order valence-corrected chi connectivity index (χ0v) is 16.1. The zero-order chi connectivity index (χ0) is 21.0. The maximum Gasteiger partial charge on any atom is 0.251 e. The molecule has 1 fully saturated rings. The fraction of sp³-hybridized carbons (Fsp3) is 0.227. The second-order valence-corrected chi connectivity index (χ2v) is 7.31. The SMILES string of the molecule is O=C(/C=C/c1cnccc1-c1cn[nH]c1)Nc1ccc(CNC2CC(F)(F)C2)cc1. The molecule has 8 heteroatoms. The molecule has 2 heterocycles. The number of rotatable bonds is 7. The standard InChI is InChI=1S/C22H21F2N5O/c23-22(24)9-19(10-22)26-11-15-1-4-18(5-2-15)29-21(30)6-3-16-12-25-8-7-20(16)17-13-27-28-14-17/h1-8,12-14,19,26H,9-11H2,(H,27,28)(H,29,30)/b6-3+. The fourth-order valence-corrected chi connectivity index (χ4v) is 3.32. The van der Waals surface area contributed by atoms with Crippen LogP contribution in [0.3, 0.4) is 0 Å². The number of carbonyl (C=O) groups excluding carboxylic acids is 1. The molecule has 3 N–H and O–H groups in total. The Morgan fingerprint density at radius 1 is 1.20 bits per heavy atom. The first-order valence-corrected chi connectivity index (χ1v) is 9.61. The van der Waals surface area contributed by atoms with Crippen LogP contribution in [0.25, 0.3) is 17.2 Å². The number of hydrogen-bond acceptors (Lipinski definition) is 4. The minimum absolute atomic E-state index is 0.104. The molecule has 1 aliphatic rings. The molecule has 0 radical (unpaired) electrons. The summed E-state index contributed by atoms with van der Waals surface area (Å²) in [7, 11) is 0. The first-order chi connectivity index (χ1) is 14.5. The lowest BCUT2D eigenvalue weighted by Gasteiger charge is -2.35. The smallest absolute Gasteiger partial charge is 0.251 e. The first kappa shape index (κ1) is 19.9. The van der Waals surface area contributed by atoms with Gasteiger partial charge in [0.15, 0.2) is 0 Å². The quantitative estimate of drug-likeness (QED) is 0.515. The molecule has 0 atom stereocenters. The summed E-state index contributed by atoms with van der Waals surface area (Å²) in [5, 5.41) is 12.6. The molecule has 0 saturated heterocycles. The highest BCUT2D eigenvalue weighted by Gasteiger charge is 2.44. The van der Waals surface area contributed by atoms with Crippen LogP contribution in [0, 0.1) is 0 Å². The topological polar surface area (TPSA) is 82.7 Å². The molecule has 3 aromatic rings. The Bertz CT molecular complexity index is 1020. The van der Waals surface area contributed by atoms with E-state index >= 15 is 0 Å². The highest BCUT2D eigenvalue weighted by molar-refractivity contribution is 6.02. The van der Waals surface area contributed by atoms with E-state index in [0.717, 1.165) is 22.3 Å². The Kier molecular flexibility index (Phi) is 5.67. The van der Waals surface area contributed by atoms with Gasteiger partial charge in [0.05, 0.1) is 6.20 Å². The molecule has 4 rings (SSSR count). The number of aromatic nitrogens is 3. The molecule has 1 amide bonds. The summed E-state index contributed by atoms with van der Waals surface area (Å²) >= 11 is 0. The van der Waals surface area contributed by atoms with Crippen molar-refractivity contribution in [2.75, 3.05) is 5.32 Å². The summed E-state index contributed by atoms with van der Waals surface area (Å²) in [5.74, 6) is -2.78. The number of benzene rings is 1. The third kappa shape index (κ3) is 4.96. The lowest BCUT2D eigenvalue weighted by molar-refractivity contribution is -0.111. The van der Waals surface area contributed by atoms with Crippen molar-refractivity contribution < 1.29 is 13.6 Å². The molecule has 0 unspecified atom stereocenters. The molecule has 30 heavy (non-hydrogen) atoms. The van der Waals surface area contributed by atoms with Gasteiger partial charge in [0.25, 0.3) is 5.92 Å². The summed E-state index contributed by atoms with van der Waals surface area (Å²) < 4.78 is 25.7. The largest absolute Gasteiger partial charge is 0.323 e. The molecule has 1 saturated carbocycles. The molecule has 6 nitrogen and oxygen atoms in total. The summed E-state index contributed by atoms with van der Waals surface area (Å²) in [5.41, 5.74) is 4.26. The van der Waals surface area contributed by atoms with Gasteiger partial charge in [-0.05, 0) is 35.4 Å². The molecule has 2 aromatic heterocycles. The molecule has 0 bridgehead atoms. The van der Waals surface area contributed by atoms with Crippen LogP contribution >= 0.6 is 0 Å². The third-order valence-electron chi connectivity index (χ3n) is 4.98. The van der Waals surface area contributed by atoms with Crippen LogP contribution in [0.15, 0.2) is 61.2 Å². The maximum absolute atomic E-state index is 12.9. The monoisotopic (exact) mass is 409 g/mol. The van der Waals surface area contributed by atoms with Crippen LogP contribution in [0.4, 0.5) is 14.5 Å². The normalized spacial score (nSPS) is 15.8. The zero-order valence-electron chi connectivity index (χ0n) is 16.1. The number of alkyl halides is 2. The van der Waals surface area contributed by atoms with E-state index in [1.165, 1.54) is 6.08 Å². The molecule has 154 valence electrons. The van der Waals surface area contributed by atoms with E-state index in [-0.39, 0.29) is 24.8 Å². The molecule has 0 aliphatic heterocycles. The second kappa shape index (κ2) is 8.54. The van der Waals surface area contributed by atoms with E-state index in [2.05, 4.69) is 25.8 Å². The molecule has 1 aromatic carbocycles. The molecule has 1 aliphatic carbocycles. The van der Waals surface area contributed by atoms with Crippen LogP contribution in [0.2, 0.25) is 0 Å². The van der Waals surface area contributed by atoms with Gasteiger partial charge in [-0.2, -0.15) is 5.10 Å². The van der Waals surface area contributed by atoms with Gasteiger partial charge < -0.3 is 10.6 Å². The van der Waals surface area contributed by atoms with Crippen LogP contribution in [0.1, 0.15) is 24.0 Å². The highest BCUT2D eigenvalue weighted by Crippen LogP contribution is 2.37. The van der Waals surface area contributed by atoms with Gasteiger partial charge in [-0.25, -0.2) is 8.78 Å². The van der Waals surface area contributed by atoms with Crippen molar-refractivity contribution in [2.24, 2.45) is 0 Å². The Balaban J connectivity index is 1.31. The predicted octanol–water partition coefficient (Wildman–Crippen LogP) is 4.01. The van der Waals surface area contributed by atoms with E-state index in [0.29, 0.717) is 12.2 Å². The minimum atomic E-state index is -2.52. The number of halogens is 2. The van der Waals surface area contributed by atoms with Crippen LogP contribution < -0.4 is 10.6 Å². The summed E-state index contributed by atoms with van der Waals surface area (Å²) in [6, 6.07) is 9.03. The van der Waals surface area contributed by atoms with Gasteiger partial charge in [0.1, 0.15) is 0 Å². The molecule has 0 spiro atoms. The van der Waals surface area contributed by atoms with Gasteiger partial charge in [0.2, 0.25) is 5.91 Å². The number of nitrogens with zero attached hydrogens (tertiary/aromatic N) is 2. The van der Waals surface area contributed by atoms with Crippen LogP contribution in [0.5, 0.6) is 0 Å². The number of anilines is 1. The highest BCUT2D eigenvalue weighted by atomic mass is 19.3. The van der Waals surface area contributed by atoms with Gasteiger partial charge in [-0.15, -0.1) is 0 Å².